The summed E-state index contributed by atoms with van der Waals surface area (Å²) in [5.74, 6) is -0.426. The van der Waals surface area contributed by atoms with Gasteiger partial charge in [-0.15, -0.1) is 0 Å². The van der Waals surface area contributed by atoms with Crippen LogP contribution in [0.15, 0.2) is 30.6 Å². The second-order valence-corrected chi connectivity index (χ2v) is 6.00. The molecule has 0 unspecified atom stereocenters. The molecule has 3 rings (SSSR count). The molecule has 5 heteroatoms. The predicted molar refractivity (Wildman–Crippen MR) is 80.4 cm³/mol. The highest BCUT2D eigenvalue weighted by Crippen LogP contribution is 2.22. The number of hydrogen-bond donors (Lipinski definition) is 0. The highest BCUT2D eigenvalue weighted by molar-refractivity contribution is 5.97. The summed E-state index contributed by atoms with van der Waals surface area (Å²) >= 11 is 0. The molecule has 3 aromatic rings. The van der Waals surface area contributed by atoms with Crippen LogP contribution >= 0.6 is 0 Å². The maximum Gasteiger partial charge on any atom is 0.359 e. The third-order valence-electron chi connectivity index (χ3n) is 3.13. The molecule has 2 aromatic heterocycles. The van der Waals surface area contributed by atoms with E-state index in [2.05, 4.69) is 9.97 Å². The number of imidazole rings is 1. The van der Waals surface area contributed by atoms with Crippen molar-refractivity contribution in [1.82, 2.24) is 14.4 Å². The number of aryl methyl sites for hydroxylation is 1. The largest absolute Gasteiger partial charge is 0.455 e. The molecule has 5 nitrogen and oxygen atoms in total. The van der Waals surface area contributed by atoms with Gasteiger partial charge in [-0.05, 0) is 39.8 Å². The fourth-order valence-corrected chi connectivity index (χ4v) is 2.35. The van der Waals surface area contributed by atoms with Crippen LogP contribution in [0.2, 0.25) is 0 Å². The number of ether oxygens (including phenoxy) is 1. The number of nitrogens with zero attached hydrogens (tertiary/aromatic N) is 3. The lowest BCUT2D eigenvalue weighted by Crippen LogP contribution is -2.24. The van der Waals surface area contributed by atoms with Crippen molar-refractivity contribution in [2.75, 3.05) is 0 Å². The summed E-state index contributed by atoms with van der Waals surface area (Å²) in [4.78, 5) is 21.1. The Bertz CT molecular complexity index is 844. The summed E-state index contributed by atoms with van der Waals surface area (Å²) in [7, 11) is 0. The molecule has 0 atom stereocenters. The number of aromatic nitrogens is 3. The quantitative estimate of drug-likeness (QED) is 0.644. The Morgan fingerprint density at radius 2 is 1.95 bits per heavy atom. The number of carbonyl (C=O) groups is 1. The van der Waals surface area contributed by atoms with Gasteiger partial charge in [-0.1, -0.05) is 12.1 Å². The monoisotopic (exact) mass is 283 g/mol. The van der Waals surface area contributed by atoms with Crippen LogP contribution in [0.25, 0.3) is 16.6 Å². The van der Waals surface area contributed by atoms with Crippen molar-refractivity contribution in [3.63, 3.8) is 0 Å². The maximum absolute atomic E-state index is 12.3. The average molecular weight is 283 g/mol. The van der Waals surface area contributed by atoms with Gasteiger partial charge < -0.3 is 4.74 Å². The lowest BCUT2D eigenvalue weighted by molar-refractivity contribution is 0.00657. The van der Waals surface area contributed by atoms with Gasteiger partial charge in [0.2, 0.25) is 0 Å². The topological polar surface area (TPSA) is 56.5 Å². The number of hydrogen-bond acceptors (Lipinski definition) is 4. The van der Waals surface area contributed by atoms with Gasteiger partial charge in [0.15, 0.2) is 5.69 Å². The molecule has 0 N–H and O–H groups in total. The summed E-state index contributed by atoms with van der Waals surface area (Å²) in [5, 5.41) is 0. The van der Waals surface area contributed by atoms with Gasteiger partial charge in [-0.25, -0.2) is 14.8 Å². The van der Waals surface area contributed by atoms with E-state index in [4.69, 9.17) is 4.74 Å². The Morgan fingerprint density at radius 3 is 2.67 bits per heavy atom. The van der Waals surface area contributed by atoms with Crippen LogP contribution in [-0.4, -0.2) is 25.9 Å². The van der Waals surface area contributed by atoms with Crippen LogP contribution in [0.3, 0.4) is 0 Å². The number of benzene rings is 1. The predicted octanol–water partition coefficient (Wildman–Crippen LogP) is 3.15. The number of esters is 1. The molecule has 2 heterocycles. The molecule has 0 fully saturated rings. The molecule has 0 aliphatic rings. The molecule has 0 aliphatic heterocycles. The Kier molecular flexibility index (Phi) is 2.93. The van der Waals surface area contributed by atoms with Crippen LogP contribution in [0.1, 0.15) is 37.0 Å². The highest BCUT2D eigenvalue weighted by atomic mass is 16.6. The summed E-state index contributed by atoms with van der Waals surface area (Å²) in [6.07, 6.45) is 1.64. The Hall–Kier alpha value is -2.43. The average Bonchev–Trinajstić information content (AvgIpc) is 2.82. The van der Waals surface area contributed by atoms with Gasteiger partial charge >= 0.3 is 5.97 Å². The van der Waals surface area contributed by atoms with Gasteiger partial charge in [0, 0.05) is 0 Å². The Balaban J connectivity index is 2.23. The number of para-hydroxylation sites is 2. The Morgan fingerprint density at radius 1 is 1.24 bits per heavy atom. The second-order valence-electron chi connectivity index (χ2n) is 6.00. The third-order valence-corrected chi connectivity index (χ3v) is 3.13. The zero-order chi connectivity index (χ0) is 15.2. The van der Waals surface area contributed by atoms with Crippen molar-refractivity contribution in [2.24, 2.45) is 0 Å². The molecule has 1 aromatic carbocycles. The maximum atomic E-state index is 12.3. The normalized spacial score (nSPS) is 12.0. The van der Waals surface area contributed by atoms with Gasteiger partial charge in [0.1, 0.15) is 17.4 Å². The van der Waals surface area contributed by atoms with Crippen molar-refractivity contribution in [3.8, 4) is 0 Å². The Labute approximate surface area is 122 Å². The summed E-state index contributed by atoms with van der Waals surface area (Å²) in [6.45, 7) is 7.38. The minimum atomic E-state index is -0.550. The number of fused-ring (bicyclic) bond motifs is 3. The first-order valence-corrected chi connectivity index (χ1v) is 6.82. The molecule has 0 aliphatic carbocycles. The van der Waals surface area contributed by atoms with Crippen molar-refractivity contribution in [2.45, 2.75) is 33.3 Å². The first kappa shape index (κ1) is 13.5. The van der Waals surface area contributed by atoms with Crippen LogP contribution in [0.4, 0.5) is 0 Å². The standard InChI is InChI=1S/C16H17N3O2/c1-10-14-13(15(20)21-16(2,3)4)17-9-19(14)12-8-6-5-7-11(12)18-10/h5-9H,1-4H3. The van der Waals surface area contributed by atoms with Gasteiger partial charge in [0.25, 0.3) is 0 Å². The molecule has 0 saturated carbocycles. The van der Waals surface area contributed by atoms with E-state index in [-0.39, 0.29) is 0 Å². The molecule has 0 bridgehead atoms. The zero-order valence-electron chi connectivity index (χ0n) is 12.5. The molecule has 21 heavy (non-hydrogen) atoms. The molecule has 0 spiro atoms. The fourth-order valence-electron chi connectivity index (χ4n) is 2.35. The lowest BCUT2D eigenvalue weighted by Gasteiger charge is -2.18. The SMILES string of the molecule is Cc1nc2ccccc2n2cnc(C(=O)OC(C)(C)C)c12. The summed E-state index contributed by atoms with van der Waals surface area (Å²) < 4.78 is 7.30. The lowest BCUT2D eigenvalue weighted by atomic mass is 10.2. The molecular weight excluding hydrogens is 266 g/mol. The minimum Gasteiger partial charge on any atom is -0.455 e. The van der Waals surface area contributed by atoms with Crippen LogP contribution in [0, 0.1) is 6.92 Å². The van der Waals surface area contributed by atoms with Crippen LogP contribution in [-0.2, 0) is 4.74 Å². The third kappa shape index (κ3) is 2.35. The van der Waals surface area contributed by atoms with E-state index in [0.29, 0.717) is 11.2 Å². The number of rotatable bonds is 1. The molecule has 108 valence electrons. The van der Waals surface area contributed by atoms with E-state index >= 15 is 0 Å². The molecule has 0 amide bonds. The second kappa shape index (κ2) is 4.55. The molecular formula is C16H17N3O2. The van der Waals surface area contributed by atoms with E-state index < -0.39 is 11.6 Å². The summed E-state index contributed by atoms with van der Waals surface area (Å²) in [6, 6.07) is 7.77. The van der Waals surface area contributed by atoms with Crippen LogP contribution in [0.5, 0.6) is 0 Å². The van der Waals surface area contributed by atoms with E-state index in [9.17, 15) is 4.79 Å². The van der Waals surface area contributed by atoms with Gasteiger partial charge in [0.05, 0.1) is 16.7 Å². The van der Waals surface area contributed by atoms with E-state index in [1.165, 1.54) is 0 Å². The van der Waals surface area contributed by atoms with E-state index in [1.807, 2.05) is 56.4 Å². The first-order valence-electron chi connectivity index (χ1n) is 6.82. The number of carbonyl (C=O) groups excluding carboxylic acids is 1. The first-order chi connectivity index (χ1) is 9.87. The van der Waals surface area contributed by atoms with Gasteiger partial charge in [-0.3, -0.25) is 4.40 Å². The smallest absolute Gasteiger partial charge is 0.359 e. The van der Waals surface area contributed by atoms with E-state index in [1.54, 1.807) is 6.33 Å². The summed E-state index contributed by atoms with van der Waals surface area (Å²) in [5.41, 5.74) is 3.00. The van der Waals surface area contributed by atoms with Crippen LogP contribution < -0.4 is 0 Å². The zero-order valence-corrected chi connectivity index (χ0v) is 12.5. The van der Waals surface area contributed by atoms with E-state index in [0.717, 1.165) is 16.7 Å². The van der Waals surface area contributed by atoms with Crippen molar-refractivity contribution in [3.05, 3.63) is 42.0 Å². The minimum absolute atomic E-state index is 0.306. The van der Waals surface area contributed by atoms with Crippen molar-refractivity contribution >= 4 is 22.5 Å². The highest BCUT2D eigenvalue weighted by Gasteiger charge is 2.23. The molecule has 0 radical (unpaired) electrons. The fraction of sp³-hybridized carbons (Fsp3) is 0.312. The van der Waals surface area contributed by atoms with Crippen molar-refractivity contribution in [1.29, 1.82) is 0 Å². The van der Waals surface area contributed by atoms with Crippen molar-refractivity contribution < 1.29 is 9.53 Å². The van der Waals surface area contributed by atoms with Gasteiger partial charge in [-0.2, -0.15) is 0 Å². The molecule has 0 saturated heterocycles.